The second-order valence-electron chi connectivity index (χ2n) is 9.17. The number of carbonyl (C=O) groups is 1. The van der Waals surface area contributed by atoms with Crippen molar-refractivity contribution in [3.63, 3.8) is 0 Å². The highest BCUT2D eigenvalue weighted by atomic mass is 32.2. The molecule has 0 radical (unpaired) electrons. The molecule has 6 rings (SSSR count). The van der Waals surface area contributed by atoms with Crippen molar-refractivity contribution < 1.29 is 21.6 Å². The molecule has 0 saturated carbocycles. The molecule has 0 atom stereocenters. The lowest BCUT2D eigenvalue weighted by Crippen LogP contribution is -2.23. The molecule has 0 saturated heterocycles. The lowest BCUT2D eigenvalue weighted by Gasteiger charge is -2.14. The van der Waals surface area contributed by atoms with Crippen LogP contribution in [0.1, 0.15) is 21.7 Å². The van der Waals surface area contributed by atoms with Gasteiger partial charge in [0, 0.05) is 10.8 Å². The van der Waals surface area contributed by atoms with Crippen molar-refractivity contribution in [2.45, 2.75) is 16.7 Å². The lowest BCUT2D eigenvalue weighted by atomic mass is 10.1. The molecule has 0 aliphatic heterocycles. The van der Waals surface area contributed by atoms with Gasteiger partial charge in [-0.15, -0.1) is 0 Å². The minimum absolute atomic E-state index is 0.00785. The highest BCUT2D eigenvalue weighted by Gasteiger charge is 2.32. The van der Waals surface area contributed by atoms with Crippen molar-refractivity contribution >= 4 is 47.6 Å². The van der Waals surface area contributed by atoms with Crippen LogP contribution in [0.5, 0.6) is 0 Å². The molecule has 0 spiro atoms. The van der Waals surface area contributed by atoms with Crippen LogP contribution >= 0.6 is 0 Å². The van der Waals surface area contributed by atoms with Crippen LogP contribution in [0.2, 0.25) is 0 Å². The summed E-state index contributed by atoms with van der Waals surface area (Å²) in [6, 6.07) is 30.6. The number of ketones is 1. The first-order valence-corrected chi connectivity index (χ1v) is 15.0. The van der Waals surface area contributed by atoms with E-state index in [4.69, 9.17) is 0 Å². The Morgan fingerprint density at radius 3 is 1.56 bits per heavy atom. The quantitative estimate of drug-likeness (QED) is 0.250. The average molecular weight is 555 g/mol. The minimum atomic E-state index is -4.21. The molecule has 0 fully saturated rings. The molecule has 2 heterocycles. The zero-order valence-electron chi connectivity index (χ0n) is 20.7. The molecule has 4 aromatic carbocycles. The van der Waals surface area contributed by atoms with Gasteiger partial charge in [-0.3, -0.25) is 4.79 Å². The predicted octanol–water partition coefficient (Wildman–Crippen LogP) is 5.61. The maximum absolute atomic E-state index is 14.3. The summed E-state index contributed by atoms with van der Waals surface area (Å²) >= 11 is 0. The predicted molar refractivity (Wildman–Crippen MR) is 150 cm³/mol. The number of benzene rings is 4. The smallest absolute Gasteiger partial charge is 0.268 e. The average Bonchev–Trinajstić information content (AvgIpc) is 3.53. The maximum atomic E-state index is 14.3. The third kappa shape index (κ3) is 3.98. The van der Waals surface area contributed by atoms with Gasteiger partial charge in [-0.05, 0) is 61.5 Å². The molecule has 194 valence electrons. The van der Waals surface area contributed by atoms with Gasteiger partial charge in [0.25, 0.3) is 20.0 Å². The van der Waals surface area contributed by atoms with Crippen LogP contribution in [-0.2, 0) is 20.0 Å². The summed E-state index contributed by atoms with van der Waals surface area (Å²) in [6.45, 7) is 1.87. The Kier molecular flexibility index (Phi) is 5.78. The number of rotatable bonds is 6. The Morgan fingerprint density at radius 2 is 1.00 bits per heavy atom. The summed E-state index contributed by atoms with van der Waals surface area (Å²) in [5.74, 6) is -0.737. The van der Waals surface area contributed by atoms with E-state index in [2.05, 4.69) is 0 Å². The molecule has 2 aromatic heterocycles. The van der Waals surface area contributed by atoms with Gasteiger partial charge in [0.1, 0.15) is 11.4 Å². The largest absolute Gasteiger partial charge is 0.285 e. The number of nitrogens with zero attached hydrogens (tertiary/aromatic N) is 2. The van der Waals surface area contributed by atoms with E-state index in [-0.39, 0.29) is 21.2 Å². The number of aryl methyl sites for hydroxylation is 1. The Balaban J connectivity index is 1.66. The topological polar surface area (TPSA) is 95.2 Å². The highest BCUT2D eigenvalue weighted by Crippen LogP contribution is 2.31. The zero-order valence-corrected chi connectivity index (χ0v) is 22.4. The van der Waals surface area contributed by atoms with Crippen LogP contribution in [-0.4, -0.2) is 30.6 Å². The molecule has 0 unspecified atom stereocenters. The van der Waals surface area contributed by atoms with Gasteiger partial charge < -0.3 is 0 Å². The van der Waals surface area contributed by atoms with Crippen LogP contribution in [0.3, 0.4) is 0 Å². The van der Waals surface area contributed by atoms with Crippen LogP contribution in [0.25, 0.3) is 21.8 Å². The number of aromatic nitrogens is 2. The van der Waals surface area contributed by atoms with Gasteiger partial charge in [-0.25, -0.2) is 24.8 Å². The molecule has 0 aliphatic rings. The van der Waals surface area contributed by atoms with E-state index < -0.39 is 25.8 Å². The van der Waals surface area contributed by atoms with E-state index in [0.29, 0.717) is 21.8 Å². The van der Waals surface area contributed by atoms with Crippen molar-refractivity contribution in [2.24, 2.45) is 0 Å². The summed E-state index contributed by atoms with van der Waals surface area (Å²) in [7, 11) is -8.42. The molecule has 0 amide bonds. The van der Waals surface area contributed by atoms with Gasteiger partial charge in [-0.2, -0.15) is 0 Å². The van der Waals surface area contributed by atoms with Crippen molar-refractivity contribution in [3.8, 4) is 0 Å². The fourth-order valence-corrected chi connectivity index (χ4v) is 7.86. The van der Waals surface area contributed by atoms with Gasteiger partial charge in [-0.1, -0.05) is 66.2 Å². The fourth-order valence-electron chi connectivity index (χ4n) is 4.80. The summed E-state index contributed by atoms with van der Waals surface area (Å²) in [5, 5.41) is 1.08. The lowest BCUT2D eigenvalue weighted by molar-refractivity contribution is 0.102. The van der Waals surface area contributed by atoms with Crippen LogP contribution in [0.15, 0.2) is 125 Å². The van der Waals surface area contributed by atoms with Gasteiger partial charge in [0.05, 0.1) is 20.8 Å². The SMILES string of the molecule is Cc1ccc2c(c1)cc(C(=O)c1cc3ccccc3n1S(=O)(=O)c1ccccc1)n2S(=O)(=O)c1ccccc1. The summed E-state index contributed by atoms with van der Waals surface area (Å²) < 4.78 is 57.6. The standard InChI is InChI=1S/C30H22N2O5S2/c1-21-16-17-27-23(18-21)20-29(32(27)39(36,37)25-13-6-3-7-14-25)30(33)28-19-22-10-8-9-15-26(22)31(28)38(34,35)24-11-4-2-5-12-24/h2-20H,1H3. The monoisotopic (exact) mass is 554 g/mol. The summed E-state index contributed by atoms with van der Waals surface area (Å²) in [4.78, 5) is 14.3. The van der Waals surface area contributed by atoms with Gasteiger partial charge in [0.15, 0.2) is 0 Å². The molecule has 7 nitrogen and oxygen atoms in total. The van der Waals surface area contributed by atoms with E-state index in [0.717, 1.165) is 13.5 Å². The highest BCUT2D eigenvalue weighted by molar-refractivity contribution is 7.90. The summed E-state index contributed by atoms with van der Waals surface area (Å²) in [5.41, 5.74) is 1.20. The number of hydrogen-bond donors (Lipinski definition) is 0. The van der Waals surface area contributed by atoms with Gasteiger partial charge in [0.2, 0.25) is 5.78 Å². The Bertz CT molecular complexity index is 2110. The molecule has 0 N–H and O–H groups in total. The molecule has 0 aliphatic carbocycles. The van der Waals surface area contributed by atoms with Gasteiger partial charge >= 0.3 is 0 Å². The van der Waals surface area contributed by atoms with E-state index in [1.54, 1.807) is 78.9 Å². The van der Waals surface area contributed by atoms with Crippen molar-refractivity contribution in [1.29, 1.82) is 0 Å². The van der Waals surface area contributed by atoms with E-state index in [1.807, 2.05) is 6.92 Å². The third-order valence-corrected chi connectivity index (χ3v) is 10.1. The first-order valence-electron chi connectivity index (χ1n) is 12.1. The fraction of sp³-hybridized carbons (Fsp3) is 0.0333. The number of hydrogen-bond acceptors (Lipinski definition) is 5. The summed E-state index contributed by atoms with van der Waals surface area (Å²) in [6.07, 6.45) is 0. The van der Waals surface area contributed by atoms with Crippen LogP contribution < -0.4 is 0 Å². The molecule has 0 bridgehead atoms. The van der Waals surface area contributed by atoms with Crippen LogP contribution in [0, 0.1) is 6.92 Å². The number of para-hydroxylation sites is 1. The van der Waals surface area contributed by atoms with E-state index in [9.17, 15) is 21.6 Å². The third-order valence-electron chi connectivity index (χ3n) is 6.61. The molecule has 9 heteroatoms. The van der Waals surface area contributed by atoms with E-state index in [1.165, 1.54) is 36.4 Å². The molecular formula is C30H22N2O5S2. The Hall–Kier alpha value is -4.47. The Labute approximate surface area is 225 Å². The van der Waals surface area contributed by atoms with E-state index >= 15 is 0 Å². The first-order chi connectivity index (χ1) is 18.7. The zero-order chi connectivity index (χ0) is 27.4. The number of carbonyl (C=O) groups excluding carboxylic acids is 1. The second-order valence-corrected chi connectivity index (χ2v) is 12.7. The van der Waals surface area contributed by atoms with Crippen LogP contribution in [0.4, 0.5) is 0 Å². The Morgan fingerprint density at radius 1 is 0.538 bits per heavy atom. The van der Waals surface area contributed by atoms with Crippen molar-refractivity contribution in [1.82, 2.24) is 7.94 Å². The second kappa shape index (κ2) is 9.07. The number of fused-ring (bicyclic) bond motifs is 2. The maximum Gasteiger partial charge on any atom is 0.268 e. The normalized spacial score (nSPS) is 12.2. The minimum Gasteiger partial charge on any atom is -0.285 e. The van der Waals surface area contributed by atoms with Crippen molar-refractivity contribution in [2.75, 3.05) is 0 Å². The first kappa shape index (κ1) is 24.8. The van der Waals surface area contributed by atoms with Crippen molar-refractivity contribution in [3.05, 3.63) is 132 Å². The molecule has 6 aromatic rings. The molecule has 39 heavy (non-hydrogen) atoms. The molecular weight excluding hydrogens is 532 g/mol.